The molecular formula is C21H28N2O5S. The molecule has 4 rings (SSSR count). The van der Waals surface area contributed by atoms with E-state index in [2.05, 4.69) is 13.8 Å². The minimum Gasteiger partial charge on any atom is -0.469 e. The molecule has 0 unspecified atom stereocenters. The van der Waals surface area contributed by atoms with Crippen LogP contribution in [-0.2, 0) is 30.8 Å². The topological polar surface area (TPSA) is 84.0 Å². The van der Waals surface area contributed by atoms with Crippen LogP contribution in [0.2, 0.25) is 0 Å². The summed E-state index contributed by atoms with van der Waals surface area (Å²) in [5.41, 5.74) is 0.815. The van der Waals surface area contributed by atoms with Crippen LogP contribution < -0.4 is 4.90 Å². The van der Waals surface area contributed by atoms with E-state index in [9.17, 15) is 18.0 Å². The molecule has 1 aliphatic carbocycles. The molecule has 0 N–H and O–H groups in total. The van der Waals surface area contributed by atoms with Gasteiger partial charge < -0.3 is 9.64 Å². The molecule has 7 nitrogen and oxygen atoms in total. The molecule has 8 heteroatoms. The lowest BCUT2D eigenvalue weighted by atomic mass is 9.48. The Morgan fingerprint density at radius 3 is 2.59 bits per heavy atom. The fourth-order valence-corrected chi connectivity index (χ4v) is 7.30. The zero-order chi connectivity index (χ0) is 21.2. The molecule has 2 aliphatic heterocycles. The van der Waals surface area contributed by atoms with Crippen LogP contribution in [0.1, 0.15) is 39.2 Å². The first-order chi connectivity index (χ1) is 13.5. The summed E-state index contributed by atoms with van der Waals surface area (Å²) in [7, 11) is -2.38. The number of methoxy groups -OCH3 is 1. The second-order valence-corrected chi connectivity index (χ2v) is 11.2. The number of rotatable bonds is 3. The highest BCUT2D eigenvalue weighted by Crippen LogP contribution is 2.63. The van der Waals surface area contributed by atoms with Gasteiger partial charge in [-0.15, -0.1) is 0 Å². The minimum absolute atomic E-state index is 0.0417. The van der Waals surface area contributed by atoms with Crippen molar-refractivity contribution in [3.63, 3.8) is 0 Å². The zero-order valence-corrected chi connectivity index (χ0v) is 18.2. The summed E-state index contributed by atoms with van der Waals surface area (Å²) in [5.74, 6) is -0.412. The van der Waals surface area contributed by atoms with E-state index in [-0.39, 0.29) is 34.6 Å². The van der Waals surface area contributed by atoms with Crippen LogP contribution in [0.15, 0.2) is 23.1 Å². The quantitative estimate of drug-likeness (QED) is 0.700. The lowest BCUT2D eigenvalue weighted by molar-refractivity contribution is -0.174. The molecular weight excluding hydrogens is 392 g/mol. The largest absolute Gasteiger partial charge is 0.469 e. The van der Waals surface area contributed by atoms with E-state index in [0.717, 1.165) is 24.1 Å². The van der Waals surface area contributed by atoms with Gasteiger partial charge in [0.05, 0.1) is 17.4 Å². The van der Waals surface area contributed by atoms with E-state index in [1.165, 1.54) is 18.3 Å². The standard InChI is InChI=1S/C21H28N2O5S/c1-14(24)23-9-5-6-15-10-16(7-8-17(15)23)29(26,27)22-11-18-20(2,3)12-21(18,13-22)19(25)28-4/h7-8,10,18H,5-6,9,11-13H2,1-4H3/t18-,21+/m1/s1. The molecule has 1 amide bonds. The van der Waals surface area contributed by atoms with E-state index in [1.807, 2.05) is 0 Å². The maximum Gasteiger partial charge on any atom is 0.313 e. The van der Waals surface area contributed by atoms with Gasteiger partial charge >= 0.3 is 5.97 Å². The average molecular weight is 421 g/mol. The molecule has 0 bridgehead atoms. The van der Waals surface area contributed by atoms with Gasteiger partial charge in [-0.3, -0.25) is 9.59 Å². The van der Waals surface area contributed by atoms with Crippen molar-refractivity contribution in [1.82, 2.24) is 4.31 Å². The number of amides is 1. The van der Waals surface area contributed by atoms with Crippen LogP contribution in [0.5, 0.6) is 0 Å². The van der Waals surface area contributed by atoms with Gasteiger partial charge in [-0.2, -0.15) is 4.31 Å². The third kappa shape index (κ3) is 2.91. The normalized spacial score (nSPS) is 28.3. The molecule has 2 fully saturated rings. The Kier molecular flexibility index (Phi) is 4.59. The van der Waals surface area contributed by atoms with E-state index in [0.29, 0.717) is 19.5 Å². The van der Waals surface area contributed by atoms with Gasteiger partial charge in [0.2, 0.25) is 15.9 Å². The number of anilines is 1. The SMILES string of the molecule is COC(=O)[C@@]12CN(S(=O)(=O)c3ccc4c(c3)CCCN4C(C)=O)C[C@@H]1C(C)(C)C2. The highest BCUT2D eigenvalue weighted by atomic mass is 32.2. The van der Waals surface area contributed by atoms with Gasteiger partial charge in [0.15, 0.2) is 0 Å². The van der Waals surface area contributed by atoms with E-state index >= 15 is 0 Å². The maximum atomic E-state index is 13.4. The van der Waals surface area contributed by atoms with Crippen molar-refractivity contribution in [2.24, 2.45) is 16.7 Å². The molecule has 0 radical (unpaired) electrons. The van der Waals surface area contributed by atoms with Crippen LogP contribution in [0.3, 0.4) is 0 Å². The lowest BCUT2D eigenvalue weighted by Crippen LogP contribution is -2.57. The summed E-state index contributed by atoms with van der Waals surface area (Å²) < 4.78 is 33.3. The molecule has 1 saturated heterocycles. The van der Waals surface area contributed by atoms with Crippen molar-refractivity contribution in [1.29, 1.82) is 0 Å². The predicted molar refractivity (Wildman–Crippen MR) is 108 cm³/mol. The van der Waals surface area contributed by atoms with Crippen molar-refractivity contribution >= 4 is 27.6 Å². The maximum absolute atomic E-state index is 13.4. The third-order valence-electron chi connectivity index (χ3n) is 7.01. The van der Waals surface area contributed by atoms with E-state index in [1.54, 1.807) is 23.1 Å². The highest BCUT2D eigenvalue weighted by molar-refractivity contribution is 7.89. The molecule has 2 atom stereocenters. The summed E-state index contributed by atoms with van der Waals surface area (Å²) in [5, 5.41) is 0. The Morgan fingerprint density at radius 2 is 1.97 bits per heavy atom. The van der Waals surface area contributed by atoms with Gasteiger partial charge in [0.1, 0.15) is 0 Å². The first-order valence-electron chi connectivity index (χ1n) is 10.0. The number of nitrogens with zero attached hydrogens (tertiary/aromatic N) is 2. The Balaban J connectivity index is 1.66. The fourth-order valence-electron chi connectivity index (χ4n) is 5.72. The Bertz CT molecular complexity index is 987. The highest BCUT2D eigenvalue weighted by Gasteiger charge is 2.68. The van der Waals surface area contributed by atoms with E-state index < -0.39 is 15.4 Å². The average Bonchev–Trinajstić information content (AvgIpc) is 3.02. The first-order valence-corrected chi connectivity index (χ1v) is 11.5. The second-order valence-electron chi connectivity index (χ2n) is 9.23. The van der Waals surface area contributed by atoms with Crippen LogP contribution in [0.25, 0.3) is 0 Å². The summed E-state index contributed by atoms with van der Waals surface area (Å²) in [6.07, 6.45) is 2.17. The number of carbonyl (C=O) groups excluding carboxylic acids is 2. The molecule has 1 aromatic carbocycles. The van der Waals surface area contributed by atoms with Crippen molar-refractivity contribution in [3.8, 4) is 0 Å². The smallest absolute Gasteiger partial charge is 0.313 e. The Hall–Kier alpha value is -1.93. The molecule has 158 valence electrons. The van der Waals surface area contributed by atoms with Crippen molar-refractivity contribution in [2.75, 3.05) is 31.6 Å². The number of hydrogen-bond donors (Lipinski definition) is 0. The van der Waals surface area contributed by atoms with Gasteiger partial charge in [-0.1, -0.05) is 13.8 Å². The number of fused-ring (bicyclic) bond motifs is 2. The van der Waals surface area contributed by atoms with Crippen LogP contribution >= 0.6 is 0 Å². The van der Waals surface area contributed by atoms with Gasteiger partial charge in [-0.25, -0.2) is 8.42 Å². The Morgan fingerprint density at radius 1 is 1.24 bits per heavy atom. The molecule has 1 aromatic rings. The first kappa shape index (κ1) is 20.3. The molecule has 2 heterocycles. The minimum atomic E-state index is -3.74. The summed E-state index contributed by atoms with van der Waals surface area (Å²) in [6.45, 7) is 6.80. The van der Waals surface area contributed by atoms with Crippen LogP contribution in [0.4, 0.5) is 5.69 Å². The number of ether oxygens (including phenoxy) is 1. The van der Waals surface area contributed by atoms with Crippen LogP contribution in [-0.4, -0.2) is 51.3 Å². The number of carbonyl (C=O) groups is 2. The number of hydrogen-bond acceptors (Lipinski definition) is 5. The number of aryl methyl sites for hydroxylation is 1. The molecule has 0 aromatic heterocycles. The van der Waals surface area contributed by atoms with E-state index in [4.69, 9.17) is 4.74 Å². The molecule has 0 spiro atoms. The molecule has 3 aliphatic rings. The number of benzene rings is 1. The molecule has 29 heavy (non-hydrogen) atoms. The fraction of sp³-hybridized carbons (Fsp3) is 0.619. The summed E-state index contributed by atoms with van der Waals surface area (Å²) in [4.78, 5) is 26.3. The second kappa shape index (κ2) is 6.54. The third-order valence-corrected chi connectivity index (χ3v) is 8.81. The molecule has 1 saturated carbocycles. The number of sulfonamides is 1. The van der Waals surface area contributed by atoms with Crippen molar-refractivity contribution < 1.29 is 22.7 Å². The summed E-state index contributed by atoms with van der Waals surface area (Å²) >= 11 is 0. The summed E-state index contributed by atoms with van der Waals surface area (Å²) in [6, 6.07) is 5.00. The zero-order valence-electron chi connectivity index (χ0n) is 17.4. The van der Waals surface area contributed by atoms with Crippen LogP contribution in [0, 0.1) is 16.7 Å². The van der Waals surface area contributed by atoms with Crippen molar-refractivity contribution in [3.05, 3.63) is 23.8 Å². The van der Waals surface area contributed by atoms with Crippen molar-refractivity contribution in [2.45, 2.75) is 44.9 Å². The monoisotopic (exact) mass is 420 g/mol. The van der Waals surface area contributed by atoms with Gasteiger partial charge in [0.25, 0.3) is 0 Å². The predicted octanol–water partition coefficient (Wildman–Crippen LogP) is 2.20. The lowest BCUT2D eigenvalue weighted by Gasteiger charge is -2.54. The Labute approximate surface area is 172 Å². The van der Waals surface area contributed by atoms with Gasteiger partial charge in [0, 0.05) is 32.2 Å². The number of esters is 1. The van der Waals surface area contributed by atoms with Gasteiger partial charge in [-0.05, 0) is 54.4 Å².